The molecule has 0 amide bonds. The Bertz CT molecular complexity index is 362. The maximum absolute atomic E-state index is 11.5. The first-order valence-electron chi connectivity index (χ1n) is 6.67. The number of rotatable bonds is 3. The van der Waals surface area contributed by atoms with E-state index in [-0.39, 0.29) is 17.5 Å². The second-order valence-corrected chi connectivity index (χ2v) is 6.73. The molecular weight excluding hydrogens is 216 g/mol. The van der Waals surface area contributed by atoms with Crippen LogP contribution in [0.25, 0.3) is 0 Å². The molecule has 17 heavy (non-hydrogen) atoms. The van der Waals surface area contributed by atoms with Crippen molar-refractivity contribution in [3.05, 3.63) is 0 Å². The van der Waals surface area contributed by atoms with Gasteiger partial charge in [-0.3, -0.25) is 4.79 Å². The third-order valence-electron chi connectivity index (χ3n) is 5.64. The molecule has 1 unspecified atom stereocenters. The Kier molecular flexibility index (Phi) is 2.20. The van der Waals surface area contributed by atoms with Crippen LogP contribution in [0, 0.1) is 23.2 Å². The quantitative estimate of drug-likeness (QED) is 0.560. The Morgan fingerprint density at radius 1 is 1.47 bits per heavy atom. The van der Waals surface area contributed by atoms with Gasteiger partial charge in [0.25, 0.3) is 0 Å². The Morgan fingerprint density at radius 3 is 2.76 bits per heavy atom. The number of epoxide rings is 1. The van der Waals surface area contributed by atoms with Crippen molar-refractivity contribution in [3.8, 4) is 0 Å². The summed E-state index contributed by atoms with van der Waals surface area (Å²) in [6, 6.07) is 0. The summed E-state index contributed by atoms with van der Waals surface area (Å²) in [6.45, 7) is 6.67. The molecule has 2 bridgehead atoms. The largest absolute Gasteiger partial charge is 0.469 e. The van der Waals surface area contributed by atoms with E-state index >= 15 is 0 Å². The summed E-state index contributed by atoms with van der Waals surface area (Å²) in [5.74, 6) is 1.33. The van der Waals surface area contributed by atoms with Crippen molar-refractivity contribution in [3.63, 3.8) is 0 Å². The highest BCUT2D eigenvalue weighted by atomic mass is 16.6. The molecule has 0 aromatic heterocycles. The molecule has 96 valence electrons. The van der Waals surface area contributed by atoms with E-state index in [2.05, 4.69) is 13.8 Å². The fourth-order valence-electron chi connectivity index (χ4n) is 4.37. The van der Waals surface area contributed by atoms with Crippen molar-refractivity contribution in [1.29, 1.82) is 0 Å². The zero-order valence-electron chi connectivity index (χ0n) is 11.2. The minimum atomic E-state index is -0.104. The second kappa shape index (κ2) is 3.25. The van der Waals surface area contributed by atoms with Gasteiger partial charge in [0, 0.05) is 0 Å². The number of carbonyl (C=O) groups excluding carboxylic acids is 1. The summed E-state index contributed by atoms with van der Waals surface area (Å²) in [7, 11) is 1.46. The zero-order chi connectivity index (χ0) is 12.4. The molecule has 0 aromatic rings. The van der Waals surface area contributed by atoms with E-state index in [0.717, 1.165) is 12.3 Å². The van der Waals surface area contributed by atoms with E-state index < -0.39 is 0 Å². The predicted octanol–water partition coefficient (Wildman–Crippen LogP) is 2.39. The molecule has 3 aliphatic carbocycles. The maximum Gasteiger partial charge on any atom is 0.308 e. The highest BCUT2D eigenvalue weighted by Gasteiger charge is 2.74. The van der Waals surface area contributed by atoms with Gasteiger partial charge in [0.15, 0.2) is 0 Å². The molecule has 3 saturated carbocycles. The normalized spacial score (nSPS) is 46.5. The molecule has 0 spiro atoms. The second-order valence-electron chi connectivity index (χ2n) is 6.73. The molecule has 3 heteroatoms. The molecule has 1 heterocycles. The van der Waals surface area contributed by atoms with Crippen LogP contribution < -0.4 is 0 Å². The van der Waals surface area contributed by atoms with E-state index in [9.17, 15) is 4.79 Å². The number of carbonyl (C=O) groups is 1. The van der Waals surface area contributed by atoms with E-state index in [0.29, 0.717) is 17.4 Å². The number of methoxy groups -OCH3 is 1. The molecule has 3 nitrogen and oxygen atoms in total. The van der Waals surface area contributed by atoms with Gasteiger partial charge >= 0.3 is 5.97 Å². The van der Waals surface area contributed by atoms with Gasteiger partial charge in [-0.05, 0) is 36.5 Å². The van der Waals surface area contributed by atoms with Crippen LogP contribution in [0.3, 0.4) is 0 Å². The van der Waals surface area contributed by atoms with Crippen LogP contribution in [0.5, 0.6) is 0 Å². The van der Waals surface area contributed by atoms with Gasteiger partial charge in [0.2, 0.25) is 0 Å². The molecule has 4 fully saturated rings. The molecule has 1 aliphatic heterocycles. The SMILES string of the molecule is COC(=O)C(C)C[C@]12O[C@H]1C[C@H]1C[C@@H]2C1(C)C. The topological polar surface area (TPSA) is 38.8 Å². The highest BCUT2D eigenvalue weighted by Crippen LogP contribution is 2.71. The molecule has 4 aliphatic rings. The predicted molar refractivity (Wildman–Crippen MR) is 63.4 cm³/mol. The fraction of sp³-hybridized carbons (Fsp3) is 0.929. The molecule has 0 aromatic carbocycles. The lowest BCUT2D eigenvalue weighted by atomic mass is 9.45. The lowest BCUT2D eigenvalue weighted by Gasteiger charge is -2.58. The van der Waals surface area contributed by atoms with Crippen LogP contribution in [0.15, 0.2) is 0 Å². The number of esters is 1. The van der Waals surface area contributed by atoms with Crippen LogP contribution in [-0.2, 0) is 14.3 Å². The standard InChI is InChI=1S/C14H22O3/c1-8(12(15)16-4)7-14-10-5-9(13(10,2)3)6-11(14)17-14/h8-11H,5-7H2,1-4H3/t8?,9-,10-,11+,14-/m1/s1. The van der Waals surface area contributed by atoms with Crippen molar-refractivity contribution in [1.82, 2.24) is 0 Å². The Balaban J connectivity index is 1.74. The Labute approximate surface area is 103 Å². The summed E-state index contributed by atoms with van der Waals surface area (Å²) in [5.41, 5.74) is 0.411. The fourth-order valence-corrected chi connectivity index (χ4v) is 4.37. The van der Waals surface area contributed by atoms with E-state index in [4.69, 9.17) is 9.47 Å². The van der Waals surface area contributed by atoms with Gasteiger partial charge in [-0.2, -0.15) is 0 Å². The van der Waals surface area contributed by atoms with Gasteiger partial charge in [-0.15, -0.1) is 0 Å². The minimum absolute atomic E-state index is 0.00581. The smallest absolute Gasteiger partial charge is 0.308 e. The third kappa shape index (κ3) is 1.35. The van der Waals surface area contributed by atoms with Crippen molar-refractivity contribution in [2.45, 2.75) is 51.7 Å². The van der Waals surface area contributed by atoms with Gasteiger partial charge < -0.3 is 9.47 Å². The lowest BCUT2D eigenvalue weighted by molar-refractivity contribution is -0.147. The summed E-state index contributed by atoms with van der Waals surface area (Å²) in [4.78, 5) is 11.5. The summed E-state index contributed by atoms with van der Waals surface area (Å²) >= 11 is 0. The number of hydrogen-bond acceptors (Lipinski definition) is 3. The number of ether oxygens (including phenoxy) is 2. The van der Waals surface area contributed by atoms with E-state index in [1.807, 2.05) is 6.92 Å². The number of hydrogen-bond donors (Lipinski definition) is 0. The van der Waals surface area contributed by atoms with Crippen LogP contribution in [0.4, 0.5) is 0 Å². The van der Waals surface area contributed by atoms with Crippen LogP contribution in [0.1, 0.15) is 40.0 Å². The van der Waals surface area contributed by atoms with Crippen LogP contribution in [-0.4, -0.2) is 24.8 Å². The summed E-state index contributed by atoms with van der Waals surface area (Å²) in [6.07, 6.45) is 3.74. The van der Waals surface area contributed by atoms with E-state index in [1.54, 1.807) is 0 Å². The maximum atomic E-state index is 11.5. The third-order valence-corrected chi connectivity index (χ3v) is 5.64. The lowest BCUT2D eigenvalue weighted by Crippen LogP contribution is -2.57. The monoisotopic (exact) mass is 238 g/mol. The molecule has 0 radical (unpaired) electrons. The van der Waals surface area contributed by atoms with Crippen LogP contribution >= 0.6 is 0 Å². The summed E-state index contributed by atoms with van der Waals surface area (Å²) in [5, 5.41) is 0. The zero-order valence-corrected chi connectivity index (χ0v) is 11.2. The highest BCUT2D eigenvalue weighted by molar-refractivity contribution is 5.72. The average Bonchev–Trinajstić information content (AvgIpc) is 3.00. The first-order valence-corrected chi connectivity index (χ1v) is 6.67. The Hall–Kier alpha value is -0.570. The first kappa shape index (κ1) is 11.5. The van der Waals surface area contributed by atoms with Crippen molar-refractivity contribution < 1.29 is 14.3 Å². The molecule has 1 saturated heterocycles. The van der Waals surface area contributed by atoms with Gasteiger partial charge in [0.05, 0.1) is 24.7 Å². The molecule has 4 rings (SSSR count). The van der Waals surface area contributed by atoms with Crippen LogP contribution in [0.2, 0.25) is 0 Å². The Morgan fingerprint density at radius 2 is 2.18 bits per heavy atom. The molecular formula is C14H22O3. The van der Waals surface area contributed by atoms with Crippen molar-refractivity contribution in [2.75, 3.05) is 7.11 Å². The van der Waals surface area contributed by atoms with Crippen molar-refractivity contribution in [2.24, 2.45) is 23.2 Å². The minimum Gasteiger partial charge on any atom is -0.469 e. The van der Waals surface area contributed by atoms with Gasteiger partial charge in [0.1, 0.15) is 0 Å². The van der Waals surface area contributed by atoms with Crippen molar-refractivity contribution >= 4 is 5.97 Å². The molecule has 0 N–H and O–H groups in total. The van der Waals surface area contributed by atoms with Gasteiger partial charge in [-0.1, -0.05) is 20.8 Å². The first-order chi connectivity index (χ1) is 7.91. The molecule has 5 atom stereocenters. The summed E-state index contributed by atoms with van der Waals surface area (Å²) < 4.78 is 10.8. The average molecular weight is 238 g/mol. The van der Waals surface area contributed by atoms with Gasteiger partial charge in [-0.25, -0.2) is 0 Å². The van der Waals surface area contributed by atoms with E-state index in [1.165, 1.54) is 20.0 Å².